The molecule has 0 saturated carbocycles. The highest BCUT2D eigenvalue weighted by atomic mass is 16.6. The largest absolute Gasteiger partial charge is 0.453 e. The summed E-state index contributed by atoms with van der Waals surface area (Å²) >= 11 is 0. The van der Waals surface area contributed by atoms with Crippen molar-refractivity contribution in [3.05, 3.63) is 82.9 Å². The van der Waals surface area contributed by atoms with Crippen LogP contribution in [-0.2, 0) is 0 Å². The van der Waals surface area contributed by atoms with Gasteiger partial charge in [-0.05, 0) is 36.4 Å². The van der Waals surface area contributed by atoms with Crippen molar-refractivity contribution in [3.63, 3.8) is 0 Å². The van der Waals surface area contributed by atoms with Crippen LogP contribution in [0.4, 0.5) is 21.9 Å². The van der Waals surface area contributed by atoms with Crippen LogP contribution >= 0.6 is 0 Å². The summed E-state index contributed by atoms with van der Waals surface area (Å²) in [6.45, 7) is 0. The van der Waals surface area contributed by atoms with Crippen molar-refractivity contribution in [2.45, 2.75) is 0 Å². The van der Waals surface area contributed by atoms with E-state index in [0.29, 0.717) is 22.9 Å². The van der Waals surface area contributed by atoms with Crippen LogP contribution in [0.3, 0.4) is 0 Å². The molecule has 1 aliphatic heterocycles. The zero-order valence-electron chi connectivity index (χ0n) is 13.4. The molecule has 0 aromatic heterocycles. The minimum absolute atomic E-state index is 0.0770. The first-order valence-corrected chi connectivity index (χ1v) is 7.76. The first-order valence-electron chi connectivity index (χ1n) is 7.76. The average molecular weight is 348 g/mol. The highest BCUT2D eigenvalue weighted by Gasteiger charge is 2.30. The number of anilines is 2. The highest BCUT2D eigenvalue weighted by Crippen LogP contribution is 2.46. The minimum atomic E-state index is -0.637. The van der Waals surface area contributed by atoms with Crippen molar-refractivity contribution >= 4 is 23.2 Å². The van der Waals surface area contributed by atoms with Crippen LogP contribution in [0.1, 0.15) is 0 Å². The Labute approximate surface area is 148 Å². The van der Waals surface area contributed by atoms with Crippen molar-refractivity contribution in [1.29, 1.82) is 0 Å². The number of carbonyl (C=O) groups is 1. The van der Waals surface area contributed by atoms with E-state index >= 15 is 0 Å². The third-order valence-corrected chi connectivity index (χ3v) is 3.87. The molecule has 7 heteroatoms. The molecule has 0 radical (unpaired) electrons. The van der Waals surface area contributed by atoms with Gasteiger partial charge in [0.15, 0.2) is 11.5 Å². The van der Waals surface area contributed by atoms with Gasteiger partial charge in [0.2, 0.25) is 0 Å². The zero-order valence-corrected chi connectivity index (χ0v) is 13.4. The van der Waals surface area contributed by atoms with Crippen molar-refractivity contribution in [2.24, 2.45) is 0 Å². The van der Waals surface area contributed by atoms with Crippen LogP contribution in [0, 0.1) is 10.1 Å². The number of ether oxygens (including phenoxy) is 2. The lowest BCUT2D eigenvalue weighted by Gasteiger charge is -2.30. The molecule has 0 spiro atoms. The molecule has 4 rings (SSSR count). The molecule has 3 aromatic carbocycles. The molecule has 0 aliphatic carbocycles. The maximum Gasteiger partial charge on any atom is 0.424 e. The van der Waals surface area contributed by atoms with Gasteiger partial charge in [-0.15, -0.1) is 0 Å². The van der Waals surface area contributed by atoms with Crippen molar-refractivity contribution in [1.82, 2.24) is 0 Å². The lowest BCUT2D eigenvalue weighted by atomic mass is 10.2. The summed E-state index contributed by atoms with van der Waals surface area (Å²) in [5.41, 5.74) is 1.03. The fraction of sp³-hybridized carbons (Fsp3) is 0. The molecule has 0 unspecified atom stereocenters. The van der Waals surface area contributed by atoms with Gasteiger partial charge >= 0.3 is 6.09 Å². The summed E-state index contributed by atoms with van der Waals surface area (Å²) in [6, 6.07) is 19.6. The zero-order chi connectivity index (χ0) is 18.1. The number of amides is 1. The Bertz CT molecular complexity index is 955. The van der Waals surface area contributed by atoms with Crippen LogP contribution in [-0.4, -0.2) is 11.0 Å². The highest BCUT2D eigenvalue weighted by molar-refractivity contribution is 6.01. The summed E-state index contributed by atoms with van der Waals surface area (Å²) in [5.74, 6) is 1.28. The van der Waals surface area contributed by atoms with E-state index in [4.69, 9.17) is 9.47 Å². The third kappa shape index (κ3) is 2.71. The van der Waals surface area contributed by atoms with Crippen LogP contribution in [0.15, 0.2) is 72.8 Å². The van der Waals surface area contributed by atoms with Gasteiger partial charge in [0.1, 0.15) is 5.75 Å². The Hall–Kier alpha value is -3.87. The second kappa shape index (κ2) is 6.21. The number of carbonyl (C=O) groups excluding carboxylic acids is 1. The van der Waals surface area contributed by atoms with Crippen molar-refractivity contribution in [2.75, 3.05) is 4.90 Å². The molecule has 1 aliphatic rings. The predicted octanol–water partition coefficient (Wildman–Crippen LogP) is 5.04. The summed E-state index contributed by atoms with van der Waals surface area (Å²) in [5, 5.41) is 10.7. The molecule has 0 fully saturated rings. The van der Waals surface area contributed by atoms with E-state index in [2.05, 4.69) is 0 Å². The minimum Gasteiger partial charge on any atom is -0.453 e. The number of para-hydroxylation sites is 4. The molecule has 0 bridgehead atoms. The molecular formula is C19H12N2O5. The summed E-state index contributed by atoms with van der Waals surface area (Å²) in [6.07, 6.45) is -0.637. The lowest BCUT2D eigenvalue weighted by molar-refractivity contribution is -0.384. The SMILES string of the molecule is O=C(Oc1ccc([N+](=O)[O-])cc1)N1c2ccccc2Oc2ccccc21. The smallest absolute Gasteiger partial charge is 0.424 e. The second-order valence-electron chi connectivity index (χ2n) is 5.49. The van der Waals surface area contributed by atoms with E-state index in [1.54, 1.807) is 36.4 Å². The van der Waals surface area contributed by atoms with Gasteiger partial charge in [-0.2, -0.15) is 0 Å². The molecular weight excluding hydrogens is 336 g/mol. The van der Waals surface area contributed by atoms with E-state index < -0.39 is 11.0 Å². The topological polar surface area (TPSA) is 81.9 Å². The molecule has 128 valence electrons. The molecule has 1 amide bonds. The Morgan fingerprint density at radius 2 is 1.42 bits per heavy atom. The number of benzene rings is 3. The number of hydrogen-bond donors (Lipinski definition) is 0. The van der Waals surface area contributed by atoms with Gasteiger partial charge in [0, 0.05) is 12.1 Å². The third-order valence-electron chi connectivity index (χ3n) is 3.87. The van der Waals surface area contributed by atoms with E-state index in [0.717, 1.165) is 0 Å². The molecule has 3 aromatic rings. The van der Waals surface area contributed by atoms with E-state index in [1.165, 1.54) is 29.2 Å². The predicted molar refractivity (Wildman–Crippen MR) is 94.2 cm³/mol. The normalized spacial score (nSPS) is 11.8. The Balaban J connectivity index is 1.68. The molecule has 0 N–H and O–H groups in total. The Morgan fingerprint density at radius 1 is 0.885 bits per heavy atom. The quantitative estimate of drug-likeness (QED) is 0.479. The van der Waals surface area contributed by atoms with Gasteiger partial charge in [0.25, 0.3) is 5.69 Å². The molecule has 1 heterocycles. The van der Waals surface area contributed by atoms with Gasteiger partial charge in [-0.1, -0.05) is 24.3 Å². The van der Waals surface area contributed by atoms with Crippen LogP contribution in [0.2, 0.25) is 0 Å². The van der Waals surface area contributed by atoms with Crippen molar-refractivity contribution < 1.29 is 19.2 Å². The number of non-ortho nitro benzene ring substituents is 1. The fourth-order valence-electron chi connectivity index (χ4n) is 2.68. The maximum atomic E-state index is 12.8. The Kier molecular flexibility index (Phi) is 3.74. The lowest BCUT2D eigenvalue weighted by Crippen LogP contribution is -2.31. The maximum absolute atomic E-state index is 12.8. The first kappa shape index (κ1) is 15.6. The van der Waals surface area contributed by atoms with E-state index in [-0.39, 0.29) is 11.4 Å². The monoisotopic (exact) mass is 348 g/mol. The van der Waals surface area contributed by atoms with Crippen LogP contribution in [0.25, 0.3) is 0 Å². The first-order chi connectivity index (χ1) is 12.6. The summed E-state index contributed by atoms with van der Waals surface area (Å²) < 4.78 is 11.2. The van der Waals surface area contributed by atoms with Crippen LogP contribution < -0.4 is 14.4 Å². The average Bonchev–Trinajstić information content (AvgIpc) is 2.66. The molecule has 26 heavy (non-hydrogen) atoms. The van der Waals surface area contributed by atoms with Gasteiger partial charge in [-0.3, -0.25) is 10.1 Å². The molecule has 7 nitrogen and oxygen atoms in total. The standard InChI is InChI=1S/C19H12N2O5/c22-19(25-14-11-9-13(10-12-14)21(23)24)20-15-5-1-3-7-17(15)26-18-8-4-2-6-16(18)20/h1-12H. The van der Waals surface area contributed by atoms with Gasteiger partial charge in [-0.25, -0.2) is 9.69 Å². The Morgan fingerprint density at radius 3 is 1.96 bits per heavy atom. The molecule has 0 atom stereocenters. The number of nitrogens with zero attached hydrogens (tertiary/aromatic N) is 2. The van der Waals surface area contributed by atoms with Gasteiger partial charge in [0.05, 0.1) is 16.3 Å². The van der Waals surface area contributed by atoms with Crippen LogP contribution in [0.5, 0.6) is 17.2 Å². The fourth-order valence-corrected chi connectivity index (χ4v) is 2.68. The summed E-state index contributed by atoms with van der Waals surface area (Å²) in [7, 11) is 0. The number of nitro benzene ring substituents is 1. The number of nitro groups is 1. The number of rotatable bonds is 2. The van der Waals surface area contributed by atoms with E-state index in [9.17, 15) is 14.9 Å². The number of hydrogen-bond acceptors (Lipinski definition) is 5. The summed E-state index contributed by atoms with van der Waals surface area (Å²) in [4.78, 5) is 24.5. The van der Waals surface area contributed by atoms with Crippen molar-refractivity contribution in [3.8, 4) is 17.2 Å². The number of fused-ring (bicyclic) bond motifs is 2. The second-order valence-corrected chi connectivity index (χ2v) is 5.49. The van der Waals surface area contributed by atoms with Gasteiger partial charge < -0.3 is 9.47 Å². The van der Waals surface area contributed by atoms with E-state index in [1.807, 2.05) is 12.1 Å². The molecule has 0 saturated heterocycles.